The van der Waals surface area contributed by atoms with Gasteiger partial charge in [0.25, 0.3) is 0 Å². The van der Waals surface area contributed by atoms with Gasteiger partial charge in [0.1, 0.15) is 6.79 Å². The van der Waals surface area contributed by atoms with Crippen molar-refractivity contribution < 1.29 is 19.7 Å². The van der Waals surface area contributed by atoms with Crippen molar-refractivity contribution in [3.8, 4) is 0 Å². The van der Waals surface area contributed by atoms with Crippen molar-refractivity contribution >= 4 is 6.79 Å². The lowest BCUT2D eigenvalue weighted by Crippen LogP contribution is -2.17. The van der Waals surface area contributed by atoms with Crippen LogP contribution >= 0.6 is 0 Å². The summed E-state index contributed by atoms with van der Waals surface area (Å²) in [7, 11) is 0. The standard InChI is InChI=1S/C15H20O.C3H8O2.CH2O/c1-2-3-9-15-14(10-11-16-15)12-13-7-5-4-6-8-13;1-3(2,4)5;1-2/h2,4-8,14-15H,1,3,9-12H2;4-5H,1-2H3;1H2. The number of hydrogen-bond acceptors (Lipinski definition) is 4. The van der Waals surface area contributed by atoms with Gasteiger partial charge in [-0.3, -0.25) is 0 Å². The minimum absolute atomic E-state index is 0.443. The molecule has 23 heavy (non-hydrogen) atoms. The van der Waals surface area contributed by atoms with Crippen molar-refractivity contribution in [2.24, 2.45) is 5.92 Å². The first-order valence-corrected chi connectivity index (χ1v) is 7.90. The molecule has 0 spiro atoms. The zero-order chi connectivity index (χ0) is 17.7. The zero-order valence-electron chi connectivity index (χ0n) is 14.3. The number of carbonyl (C=O) groups is 1. The van der Waals surface area contributed by atoms with Crippen LogP contribution in [0.2, 0.25) is 0 Å². The summed E-state index contributed by atoms with van der Waals surface area (Å²) in [6.07, 6.45) is 6.98. The molecule has 2 unspecified atom stereocenters. The predicted molar refractivity (Wildman–Crippen MR) is 93.1 cm³/mol. The minimum Gasteiger partial charge on any atom is -0.378 e. The number of aliphatic hydroxyl groups is 2. The molecule has 1 saturated heterocycles. The monoisotopic (exact) mass is 322 g/mol. The number of hydrogen-bond donors (Lipinski definition) is 2. The zero-order valence-corrected chi connectivity index (χ0v) is 14.3. The molecule has 0 aliphatic carbocycles. The molecule has 0 saturated carbocycles. The Kier molecular flexibility index (Phi) is 11.2. The van der Waals surface area contributed by atoms with Crippen LogP contribution in [0.3, 0.4) is 0 Å². The van der Waals surface area contributed by atoms with Crippen molar-refractivity contribution in [3.63, 3.8) is 0 Å². The van der Waals surface area contributed by atoms with Crippen molar-refractivity contribution in [1.29, 1.82) is 0 Å². The fourth-order valence-electron chi connectivity index (χ4n) is 2.44. The van der Waals surface area contributed by atoms with Gasteiger partial charge in [-0.2, -0.15) is 0 Å². The lowest BCUT2D eigenvalue weighted by Gasteiger charge is -2.17. The second kappa shape index (κ2) is 12.0. The van der Waals surface area contributed by atoms with Crippen molar-refractivity contribution in [3.05, 3.63) is 48.6 Å². The van der Waals surface area contributed by atoms with Gasteiger partial charge in [0.15, 0.2) is 5.79 Å². The van der Waals surface area contributed by atoms with Crippen LogP contribution in [-0.4, -0.2) is 35.5 Å². The van der Waals surface area contributed by atoms with Gasteiger partial charge in [-0.1, -0.05) is 36.4 Å². The maximum Gasteiger partial charge on any atom is 0.156 e. The summed E-state index contributed by atoms with van der Waals surface area (Å²) in [6, 6.07) is 10.7. The third-order valence-corrected chi connectivity index (χ3v) is 3.34. The van der Waals surface area contributed by atoms with E-state index in [2.05, 4.69) is 36.9 Å². The molecule has 2 atom stereocenters. The van der Waals surface area contributed by atoms with E-state index < -0.39 is 5.79 Å². The predicted octanol–water partition coefficient (Wildman–Crippen LogP) is 3.12. The highest BCUT2D eigenvalue weighted by molar-refractivity contribution is 5.15. The summed E-state index contributed by atoms with van der Waals surface area (Å²) in [4.78, 5) is 8.00. The van der Waals surface area contributed by atoms with E-state index in [1.54, 1.807) is 0 Å². The summed E-state index contributed by atoms with van der Waals surface area (Å²) >= 11 is 0. The summed E-state index contributed by atoms with van der Waals surface area (Å²) in [5, 5.41) is 16.2. The van der Waals surface area contributed by atoms with Gasteiger partial charge in [-0.05, 0) is 51.0 Å². The fraction of sp³-hybridized carbons (Fsp3) is 0.526. The Morgan fingerprint density at radius 2 is 1.83 bits per heavy atom. The molecule has 130 valence electrons. The first kappa shape index (κ1) is 21.5. The second-order valence-corrected chi connectivity index (χ2v) is 6.01. The van der Waals surface area contributed by atoms with Crippen LogP contribution < -0.4 is 0 Å². The average molecular weight is 322 g/mol. The van der Waals surface area contributed by atoms with E-state index in [4.69, 9.17) is 19.7 Å². The Bertz CT molecular complexity index is 405. The second-order valence-electron chi connectivity index (χ2n) is 6.01. The third kappa shape index (κ3) is 11.7. The highest BCUT2D eigenvalue weighted by atomic mass is 16.5. The number of allylic oxidation sites excluding steroid dienone is 1. The van der Waals surface area contributed by atoms with Crippen LogP contribution in [0, 0.1) is 5.92 Å². The highest BCUT2D eigenvalue weighted by Crippen LogP contribution is 2.27. The maximum atomic E-state index is 8.08. The largest absolute Gasteiger partial charge is 0.378 e. The van der Waals surface area contributed by atoms with E-state index in [0.29, 0.717) is 12.0 Å². The highest BCUT2D eigenvalue weighted by Gasteiger charge is 2.27. The summed E-state index contributed by atoms with van der Waals surface area (Å²) in [5.74, 6) is -0.803. The van der Waals surface area contributed by atoms with Gasteiger partial charge in [0.2, 0.25) is 0 Å². The van der Waals surface area contributed by atoms with Gasteiger partial charge in [-0.25, -0.2) is 0 Å². The Morgan fingerprint density at radius 3 is 2.35 bits per heavy atom. The van der Waals surface area contributed by atoms with E-state index in [9.17, 15) is 0 Å². The van der Waals surface area contributed by atoms with Crippen LogP contribution in [0.25, 0.3) is 0 Å². The molecular formula is C19H30O4. The molecule has 0 amide bonds. The van der Waals surface area contributed by atoms with Crippen LogP contribution in [0.1, 0.15) is 38.7 Å². The molecule has 1 aliphatic rings. The molecule has 1 heterocycles. The smallest absolute Gasteiger partial charge is 0.156 e. The molecule has 0 aromatic heterocycles. The number of benzene rings is 1. The van der Waals surface area contributed by atoms with Crippen molar-refractivity contribution in [2.45, 2.75) is 51.4 Å². The van der Waals surface area contributed by atoms with E-state index in [-0.39, 0.29) is 0 Å². The van der Waals surface area contributed by atoms with Crippen LogP contribution in [0.5, 0.6) is 0 Å². The molecule has 0 bridgehead atoms. The molecule has 0 radical (unpaired) electrons. The number of rotatable bonds is 5. The lowest BCUT2D eigenvalue weighted by atomic mass is 9.91. The quantitative estimate of drug-likeness (QED) is 0.645. The Balaban J connectivity index is 0.000000594. The average Bonchev–Trinajstić information content (AvgIpc) is 2.94. The van der Waals surface area contributed by atoms with E-state index in [0.717, 1.165) is 25.9 Å². The molecule has 2 N–H and O–H groups in total. The normalized spacial score (nSPS) is 19.8. The third-order valence-electron chi connectivity index (χ3n) is 3.34. The lowest BCUT2D eigenvalue weighted by molar-refractivity contribution is -0.127. The topological polar surface area (TPSA) is 66.8 Å². The first-order chi connectivity index (χ1) is 10.9. The van der Waals surface area contributed by atoms with E-state index >= 15 is 0 Å². The number of ether oxygens (including phenoxy) is 1. The van der Waals surface area contributed by atoms with Gasteiger partial charge >= 0.3 is 0 Å². The summed E-state index contributed by atoms with van der Waals surface area (Å²) in [6.45, 7) is 9.30. The summed E-state index contributed by atoms with van der Waals surface area (Å²) in [5.41, 5.74) is 1.43. The molecule has 1 aliphatic heterocycles. The Hall–Kier alpha value is -1.49. The van der Waals surface area contributed by atoms with Gasteiger partial charge in [-0.15, -0.1) is 6.58 Å². The van der Waals surface area contributed by atoms with Gasteiger partial charge in [0.05, 0.1) is 6.10 Å². The molecule has 1 aromatic rings. The van der Waals surface area contributed by atoms with E-state index in [1.807, 2.05) is 12.9 Å². The molecular weight excluding hydrogens is 292 g/mol. The minimum atomic E-state index is -1.50. The fourth-order valence-corrected chi connectivity index (χ4v) is 2.44. The van der Waals surface area contributed by atoms with Gasteiger partial charge < -0.3 is 19.7 Å². The van der Waals surface area contributed by atoms with Crippen LogP contribution in [-0.2, 0) is 16.0 Å². The van der Waals surface area contributed by atoms with Crippen molar-refractivity contribution in [2.75, 3.05) is 6.61 Å². The SMILES string of the molecule is C=CCCC1OCCC1Cc1ccccc1.C=O.CC(C)(O)O. The molecule has 1 fully saturated rings. The summed E-state index contributed by atoms with van der Waals surface area (Å²) < 4.78 is 5.79. The maximum absolute atomic E-state index is 8.08. The molecule has 1 aromatic carbocycles. The molecule has 2 rings (SSSR count). The van der Waals surface area contributed by atoms with Crippen molar-refractivity contribution in [1.82, 2.24) is 0 Å². The Morgan fingerprint density at radius 1 is 1.26 bits per heavy atom. The molecule has 4 heteroatoms. The Labute approximate surface area is 139 Å². The van der Waals surface area contributed by atoms with Crippen LogP contribution in [0.4, 0.5) is 0 Å². The number of carbonyl (C=O) groups excluding carboxylic acids is 1. The first-order valence-electron chi connectivity index (χ1n) is 7.90. The van der Waals surface area contributed by atoms with E-state index in [1.165, 1.54) is 25.8 Å². The molecule has 4 nitrogen and oxygen atoms in total. The van der Waals surface area contributed by atoms with Gasteiger partial charge in [0, 0.05) is 6.61 Å². The van der Waals surface area contributed by atoms with Crippen LogP contribution in [0.15, 0.2) is 43.0 Å².